The maximum Gasteiger partial charge on any atom is 0.320 e. The van der Waals surface area contributed by atoms with E-state index in [1.165, 1.54) is 6.26 Å². The highest BCUT2D eigenvalue weighted by molar-refractivity contribution is 5.91. The molecule has 0 spiro atoms. The number of hydrogen-bond acceptors (Lipinski definition) is 5. The van der Waals surface area contributed by atoms with Crippen LogP contribution in [0.25, 0.3) is 0 Å². The highest BCUT2D eigenvalue weighted by Gasteiger charge is 2.30. The number of urea groups is 1. The largest absolute Gasteiger partial charge is 0.459 e. The zero-order chi connectivity index (χ0) is 18.6. The van der Waals surface area contributed by atoms with Gasteiger partial charge in [0.15, 0.2) is 5.76 Å². The van der Waals surface area contributed by atoms with E-state index in [0.29, 0.717) is 45.0 Å². The fourth-order valence-corrected chi connectivity index (χ4v) is 3.52. The maximum absolute atomic E-state index is 12.8. The number of rotatable bonds is 2. The highest BCUT2D eigenvalue weighted by atomic mass is 16.3. The lowest BCUT2D eigenvalue weighted by atomic mass is 10.2. The second-order valence-electron chi connectivity index (χ2n) is 6.70. The number of anilines is 1. The molecule has 0 radical (unpaired) electrons. The molecule has 142 valence electrons. The summed E-state index contributed by atoms with van der Waals surface area (Å²) >= 11 is 0. The Morgan fingerprint density at radius 1 is 0.815 bits per heavy atom. The molecule has 4 heterocycles. The third-order valence-electron chi connectivity index (χ3n) is 5.09. The molecule has 0 unspecified atom stereocenters. The van der Waals surface area contributed by atoms with E-state index < -0.39 is 0 Å². The quantitative estimate of drug-likeness (QED) is 0.800. The number of carbonyl (C=O) groups excluding carboxylic acids is 2. The molecule has 2 fully saturated rings. The molecule has 0 aromatic carbocycles. The summed E-state index contributed by atoms with van der Waals surface area (Å²) in [6.45, 7) is 5.07. The standard InChI is InChI=1S/C19H23N5O3/c25-18(16-4-3-15-27-16)22-9-13-24(14-10-22)19(26)23-11-7-21(8-12-23)17-5-1-2-6-20-17/h1-6,15H,7-14H2. The average molecular weight is 369 g/mol. The Labute approximate surface area is 158 Å². The molecule has 0 atom stereocenters. The van der Waals surface area contributed by atoms with Crippen molar-refractivity contribution in [3.05, 3.63) is 48.6 Å². The Hall–Kier alpha value is -3.03. The number of hydrogen-bond donors (Lipinski definition) is 0. The van der Waals surface area contributed by atoms with E-state index in [1.807, 2.05) is 28.0 Å². The molecule has 27 heavy (non-hydrogen) atoms. The van der Waals surface area contributed by atoms with E-state index in [9.17, 15) is 9.59 Å². The van der Waals surface area contributed by atoms with Gasteiger partial charge >= 0.3 is 6.03 Å². The molecule has 2 aromatic rings. The lowest BCUT2D eigenvalue weighted by Crippen LogP contribution is -2.57. The number of amides is 3. The fraction of sp³-hybridized carbons (Fsp3) is 0.421. The number of nitrogens with zero attached hydrogens (tertiary/aromatic N) is 5. The summed E-state index contributed by atoms with van der Waals surface area (Å²) in [6.07, 6.45) is 3.29. The molecular weight excluding hydrogens is 346 g/mol. The van der Waals surface area contributed by atoms with E-state index in [4.69, 9.17) is 4.42 Å². The molecular formula is C19H23N5O3. The van der Waals surface area contributed by atoms with Crippen LogP contribution in [0.1, 0.15) is 10.6 Å². The van der Waals surface area contributed by atoms with Gasteiger partial charge in [0.05, 0.1) is 6.26 Å². The van der Waals surface area contributed by atoms with Crippen LogP contribution in [0.2, 0.25) is 0 Å². The molecule has 8 heteroatoms. The van der Waals surface area contributed by atoms with Gasteiger partial charge in [-0.15, -0.1) is 0 Å². The maximum atomic E-state index is 12.8. The summed E-state index contributed by atoms with van der Waals surface area (Å²) in [5.41, 5.74) is 0. The zero-order valence-corrected chi connectivity index (χ0v) is 15.2. The smallest absolute Gasteiger partial charge is 0.320 e. The summed E-state index contributed by atoms with van der Waals surface area (Å²) in [5, 5.41) is 0. The lowest BCUT2D eigenvalue weighted by molar-refractivity contribution is 0.0608. The first-order valence-corrected chi connectivity index (χ1v) is 9.25. The van der Waals surface area contributed by atoms with Gasteiger partial charge in [0.2, 0.25) is 0 Å². The Morgan fingerprint density at radius 2 is 1.48 bits per heavy atom. The Balaban J connectivity index is 1.27. The van der Waals surface area contributed by atoms with Crippen LogP contribution in [-0.2, 0) is 0 Å². The minimum atomic E-state index is -0.115. The molecule has 0 N–H and O–H groups in total. The van der Waals surface area contributed by atoms with Gasteiger partial charge in [-0.2, -0.15) is 0 Å². The van der Waals surface area contributed by atoms with E-state index in [0.717, 1.165) is 18.9 Å². The van der Waals surface area contributed by atoms with E-state index in [-0.39, 0.29) is 11.9 Å². The molecule has 2 aliphatic heterocycles. The summed E-state index contributed by atoms with van der Waals surface area (Å²) in [5.74, 6) is 1.19. The predicted octanol–water partition coefficient (Wildman–Crippen LogP) is 1.37. The first kappa shape index (κ1) is 17.4. The van der Waals surface area contributed by atoms with Crippen LogP contribution < -0.4 is 4.90 Å². The van der Waals surface area contributed by atoms with Gasteiger partial charge in [0, 0.05) is 58.6 Å². The first-order valence-electron chi connectivity index (χ1n) is 9.25. The van der Waals surface area contributed by atoms with Gasteiger partial charge in [-0.1, -0.05) is 6.07 Å². The van der Waals surface area contributed by atoms with Crippen molar-refractivity contribution in [1.82, 2.24) is 19.7 Å². The van der Waals surface area contributed by atoms with Crippen LogP contribution in [-0.4, -0.2) is 84.0 Å². The van der Waals surface area contributed by atoms with Crippen LogP contribution in [0.3, 0.4) is 0 Å². The van der Waals surface area contributed by atoms with Crippen LogP contribution >= 0.6 is 0 Å². The summed E-state index contributed by atoms with van der Waals surface area (Å²) in [7, 11) is 0. The predicted molar refractivity (Wildman–Crippen MR) is 99.6 cm³/mol. The van der Waals surface area contributed by atoms with Crippen molar-refractivity contribution in [2.45, 2.75) is 0 Å². The van der Waals surface area contributed by atoms with Crippen LogP contribution in [0.5, 0.6) is 0 Å². The number of aromatic nitrogens is 1. The molecule has 2 saturated heterocycles. The fourth-order valence-electron chi connectivity index (χ4n) is 3.52. The monoisotopic (exact) mass is 369 g/mol. The van der Waals surface area contributed by atoms with Gasteiger partial charge < -0.3 is 24.0 Å². The van der Waals surface area contributed by atoms with Gasteiger partial charge in [-0.05, 0) is 24.3 Å². The molecule has 0 bridgehead atoms. The SMILES string of the molecule is O=C(c1ccco1)N1CCN(C(=O)N2CCN(c3ccccn3)CC2)CC1. The minimum Gasteiger partial charge on any atom is -0.459 e. The van der Waals surface area contributed by atoms with Gasteiger partial charge in [-0.3, -0.25) is 4.79 Å². The van der Waals surface area contributed by atoms with Crippen molar-refractivity contribution >= 4 is 17.8 Å². The average Bonchev–Trinajstić information content (AvgIpc) is 3.28. The topological polar surface area (TPSA) is 73.1 Å². The minimum absolute atomic E-state index is 0.0563. The number of pyridine rings is 1. The van der Waals surface area contributed by atoms with Crippen molar-refractivity contribution in [1.29, 1.82) is 0 Å². The van der Waals surface area contributed by atoms with Crippen molar-refractivity contribution in [3.8, 4) is 0 Å². The second kappa shape index (κ2) is 7.69. The number of furan rings is 1. The molecule has 2 aliphatic rings. The molecule has 4 rings (SSSR count). The Bertz CT molecular complexity index is 764. The van der Waals surface area contributed by atoms with E-state index in [1.54, 1.807) is 23.2 Å². The van der Waals surface area contributed by atoms with Gasteiger partial charge in [0.25, 0.3) is 5.91 Å². The van der Waals surface area contributed by atoms with Crippen LogP contribution in [0.4, 0.5) is 10.6 Å². The van der Waals surface area contributed by atoms with Crippen molar-refractivity contribution in [3.63, 3.8) is 0 Å². The van der Waals surface area contributed by atoms with Crippen LogP contribution in [0, 0.1) is 0 Å². The molecule has 0 aliphatic carbocycles. The normalized spacial score (nSPS) is 17.9. The van der Waals surface area contributed by atoms with Crippen molar-refractivity contribution < 1.29 is 14.0 Å². The third-order valence-corrected chi connectivity index (χ3v) is 5.09. The number of carbonyl (C=O) groups is 2. The van der Waals surface area contributed by atoms with E-state index >= 15 is 0 Å². The van der Waals surface area contributed by atoms with Gasteiger partial charge in [0.1, 0.15) is 5.82 Å². The third kappa shape index (κ3) is 3.74. The lowest BCUT2D eigenvalue weighted by Gasteiger charge is -2.40. The van der Waals surface area contributed by atoms with E-state index in [2.05, 4.69) is 9.88 Å². The molecule has 0 saturated carbocycles. The Morgan fingerprint density at radius 3 is 2.07 bits per heavy atom. The zero-order valence-electron chi connectivity index (χ0n) is 15.2. The summed E-state index contributed by atoms with van der Waals surface area (Å²) < 4.78 is 5.17. The van der Waals surface area contributed by atoms with Crippen molar-refractivity contribution in [2.75, 3.05) is 57.3 Å². The Kier molecular flexibility index (Phi) is 4.95. The van der Waals surface area contributed by atoms with Crippen LogP contribution in [0.15, 0.2) is 47.2 Å². The summed E-state index contributed by atoms with van der Waals surface area (Å²) in [6, 6.07) is 9.30. The van der Waals surface area contributed by atoms with Gasteiger partial charge in [-0.25, -0.2) is 9.78 Å². The second-order valence-corrected chi connectivity index (χ2v) is 6.70. The highest BCUT2D eigenvalue weighted by Crippen LogP contribution is 2.15. The molecule has 2 aromatic heterocycles. The van der Waals surface area contributed by atoms with Crippen molar-refractivity contribution in [2.24, 2.45) is 0 Å². The molecule has 8 nitrogen and oxygen atoms in total. The first-order chi connectivity index (χ1) is 13.2. The number of piperazine rings is 2. The molecule has 3 amide bonds. The summed E-state index contributed by atoms with van der Waals surface area (Å²) in [4.78, 5) is 37.2.